The number of carbonyl (C=O) groups excluding carboxylic acids is 1. The second kappa shape index (κ2) is 7.93. The smallest absolute Gasteiger partial charge is 0.264 e. The maximum absolute atomic E-state index is 13.5. The fourth-order valence-corrected chi connectivity index (χ4v) is 2.70. The molecule has 0 aliphatic carbocycles. The van der Waals surface area contributed by atoms with Gasteiger partial charge in [0.2, 0.25) is 0 Å². The highest BCUT2D eigenvalue weighted by molar-refractivity contribution is 8.13. The van der Waals surface area contributed by atoms with Gasteiger partial charge in [0.15, 0.2) is 0 Å². The molecule has 0 bridgehead atoms. The van der Waals surface area contributed by atoms with E-state index in [2.05, 4.69) is 5.32 Å². The van der Waals surface area contributed by atoms with Crippen molar-refractivity contribution in [3.8, 4) is 0 Å². The van der Waals surface area contributed by atoms with Gasteiger partial charge in [0.05, 0.1) is 10.6 Å². The molecule has 1 aromatic carbocycles. The first-order chi connectivity index (χ1) is 9.77. The van der Waals surface area contributed by atoms with Crippen molar-refractivity contribution in [2.75, 3.05) is 20.3 Å². The predicted octanol–water partition coefficient (Wildman–Crippen LogP) is 2.56. The molecule has 0 unspecified atom stereocenters. The molecule has 0 radical (unpaired) electrons. The molecular formula is C12H14Cl2FNO4S. The van der Waals surface area contributed by atoms with E-state index in [9.17, 15) is 17.6 Å². The van der Waals surface area contributed by atoms with Crippen LogP contribution in [0.15, 0.2) is 17.0 Å². The average Bonchev–Trinajstić information content (AvgIpc) is 2.36. The normalized spacial score (nSPS) is 11.4. The third kappa shape index (κ3) is 5.43. The Morgan fingerprint density at radius 3 is 2.62 bits per heavy atom. The number of unbranched alkanes of at least 4 members (excludes halogenated alkanes) is 1. The van der Waals surface area contributed by atoms with E-state index in [-0.39, 0.29) is 10.6 Å². The van der Waals surface area contributed by atoms with Crippen LogP contribution in [0.25, 0.3) is 0 Å². The van der Waals surface area contributed by atoms with Crippen LogP contribution >= 0.6 is 22.3 Å². The van der Waals surface area contributed by atoms with Crippen molar-refractivity contribution in [2.24, 2.45) is 0 Å². The van der Waals surface area contributed by atoms with Crippen LogP contribution in [0.3, 0.4) is 0 Å². The molecule has 0 saturated heterocycles. The molecule has 0 saturated carbocycles. The molecule has 0 aliphatic heterocycles. The Balaban J connectivity index is 2.85. The third-order valence-corrected chi connectivity index (χ3v) is 4.24. The van der Waals surface area contributed by atoms with Gasteiger partial charge in [-0.2, -0.15) is 0 Å². The van der Waals surface area contributed by atoms with Crippen molar-refractivity contribution >= 4 is 37.2 Å². The van der Waals surface area contributed by atoms with Crippen molar-refractivity contribution in [3.05, 3.63) is 28.5 Å². The summed E-state index contributed by atoms with van der Waals surface area (Å²) in [7, 11) is 2.38. The Morgan fingerprint density at radius 2 is 2.05 bits per heavy atom. The van der Waals surface area contributed by atoms with E-state index in [0.29, 0.717) is 19.6 Å². The summed E-state index contributed by atoms with van der Waals surface area (Å²) in [6.45, 7) is 0.931. The Bertz CT molecular complexity index is 622. The topological polar surface area (TPSA) is 72.5 Å². The monoisotopic (exact) mass is 357 g/mol. The van der Waals surface area contributed by atoms with E-state index in [1.807, 2.05) is 0 Å². The van der Waals surface area contributed by atoms with Crippen molar-refractivity contribution in [1.82, 2.24) is 5.32 Å². The average molecular weight is 358 g/mol. The second-order valence-electron chi connectivity index (χ2n) is 4.16. The zero-order chi connectivity index (χ0) is 16.0. The molecule has 5 nitrogen and oxygen atoms in total. The standard InChI is InChI=1S/C12H14Cl2FNO4S/c1-20-5-3-2-4-16-12(17)8-6-11(21(14,18)19)10(15)7-9(8)13/h6-7H,2-5H2,1H3,(H,16,17). The van der Waals surface area contributed by atoms with Gasteiger partial charge in [-0.3, -0.25) is 4.79 Å². The summed E-state index contributed by atoms with van der Waals surface area (Å²) >= 11 is 5.75. The third-order valence-electron chi connectivity index (χ3n) is 2.59. The Morgan fingerprint density at radius 1 is 1.38 bits per heavy atom. The zero-order valence-electron chi connectivity index (χ0n) is 11.2. The minimum atomic E-state index is -4.30. The summed E-state index contributed by atoms with van der Waals surface area (Å²) < 4.78 is 40.8. The molecule has 0 aliphatic rings. The number of amides is 1. The van der Waals surface area contributed by atoms with Gasteiger partial charge in [-0.25, -0.2) is 12.8 Å². The lowest BCUT2D eigenvalue weighted by molar-refractivity contribution is 0.0951. The minimum Gasteiger partial charge on any atom is -0.385 e. The number of methoxy groups -OCH3 is 1. The molecular weight excluding hydrogens is 344 g/mol. The van der Waals surface area contributed by atoms with Crippen LogP contribution in [-0.2, 0) is 13.8 Å². The van der Waals surface area contributed by atoms with E-state index >= 15 is 0 Å². The first-order valence-corrected chi connectivity index (χ1v) is 8.67. The first-order valence-electron chi connectivity index (χ1n) is 5.98. The number of benzene rings is 1. The van der Waals surface area contributed by atoms with Crippen molar-refractivity contribution < 1.29 is 22.3 Å². The SMILES string of the molecule is COCCCCNC(=O)c1cc(S(=O)(=O)Cl)c(F)cc1Cl. The maximum Gasteiger partial charge on any atom is 0.264 e. The second-order valence-corrected chi connectivity index (χ2v) is 7.10. The summed E-state index contributed by atoms with van der Waals surface area (Å²) in [5, 5.41) is 2.37. The molecule has 21 heavy (non-hydrogen) atoms. The van der Waals surface area contributed by atoms with Gasteiger partial charge < -0.3 is 10.1 Å². The molecule has 1 amide bonds. The lowest BCUT2D eigenvalue weighted by atomic mass is 10.2. The maximum atomic E-state index is 13.5. The molecule has 0 fully saturated rings. The number of hydrogen-bond acceptors (Lipinski definition) is 4. The van der Waals surface area contributed by atoms with Gasteiger partial charge in [-0.1, -0.05) is 11.6 Å². The number of hydrogen-bond donors (Lipinski definition) is 1. The molecule has 0 atom stereocenters. The number of nitrogens with one attached hydrogen (secondary N) is 1. The number of ether oxygens (including phenoxy) is 1. The minimum absolute atomic E-state index is 0.149. The van der Waals surface area contributed by atoms with Crippen LogP contribution in [0.1, 0.15) is 23.2 Å². The molecule has 1 rings (SSSR count). The van der Waals surface area contributed by atoms with Crippen molar-refractivity contribution in [3.63, 3.8) is 0 Å². The van der Waals surface area contributed by atoms with Gasteiger partial charge in [0.25, 0.3) is 15.0 Å². The lowest BCUT2D eigenvalue weighted by Gasteiger charge is -2.08. The predicted molar refractivity (Wildman–Crippen MR) is 77.9 cm³/mol. The highest BCUT2D eigenvalue weighted by Gasteiger charge is 2.21. The Kier molecular flexibility index (Phi) is 6.86. The van der Waals surface area contributed by atoms with Crippen LogP contribution < -0.4 is 5.32 Å². The van der Waals surface area contributed by atoms with E-state index < -0.39 is 25.7 Å². The lowest BCUT2D eigenvalue weighted by Crippen LogP contribution is -2.25. The van der Waals surface area contributed by atoms with Gasteiger partial charge in [0, 0.05) is 30.9 Å². The first kappa shape index (κ1) is 18.2. The highest BCUT2D eigenvalue weighted by atomic mass is 35.7. The van der Waals surface area contributed by atoms with E-state index in [4.69, 9.17) is 27.0 Å². The van der Waals surface area contributed by atoms with Crippen molar-refractivity contribution in [1.29, 1.82) is 0 Å². The van der Waals surface area contributed by atoms with Crippen LogP contribution in [0.4, 0.5) is 4.39 Å². The van der Waals surface area contributed by atoms with Gasteiger partial charge in [-0.15, -0.1) is 0 Å². The van der Waals surface area contributed by atoms with Crippen LogP contribution in [0, 0.1) is 5.82 Å². The summed E-state index contributed by atoms with van der Waals surface area (Å²) in [5.41, 5.74) is -0.149. The zero-order valence-corrected chi connectivity index (χ0v) is 13.5. The molecule has 1 aromatic rings. The van der Waals surface area contributed by atoms with Gasteiger partial charge in [-0.05, 0) is 25.0 Å². The molecule has 0 aromatic heterocycles. The van der Waals surface area contributed by atoms with E-state index in [1.165, 1.54) is 0 Å². The molecule has 118 valence electrons. The van der Waals surface area contributed by atoms with E-state index in [0.717, 1.165) is 18.6 Å². The van der Waals surface area contributed by atoms with Gasteiger partial charge in [0.1, 0.15) is 10.7 Å². The number of carbonyl (C=O) groups is 1. The Hall–Kier alpha value is -0.890. The number of rotatable bonds is 7. The fourth-order valence-electron chi connectivity index (χ4n) is 1.56. The summed E-state index contributed by atoms with van der Waals surface area (Å²) in [6.07, 6.45) is 1.44. The molecule has 0 heterocycles. The van der Waals surface area contributed by atoms with Crippen molar-refractivity contribution in [2.45, 2.75) is 17.7 Å². The van der Waals surface area contributed by atoms with Gasteiger partial charge >= 0.3 is 0 Å². The Labute approximate surface area is 131 Å². The van der Waals surface area contributed by atoms with Crippen LogP contribution in [0.2, 0.25) is 5.02 Å². The summed E-state index contributed by atoms with van der Waals surface area (Å²) in [5.74, 6) is -1.70. The quantitative estimate of drug-likeness (QED) is 0.601. The summed E-state index contributed by atoms with van der Waals surface area (Å²) in [6, 6.07) is 1.57. The highest BCUT2D eigenvalue weighted by Crippen LogP contribution is 2.26. The van der Waals surface area contributed by atoms with Crippen LogP contribution in [-0.4, -0.2) is 34.6 Å². The molecule has 0 spiro atoms. The van der Waals surface area contributed by atoms with Crippen LogP contribution in [0.5, 0.6) is 0 Å². The number of halogens is 3. The fraction of sp³-hybridized carbons (Fsp3) is 0.417. The largest absolute Gasteiger partial charge is 0.385 e. The summed E-state index contributed by atoms with van der Waals surface area (Å²) in [4.78, 5) is 11.1. The van der Waals surface area contributed by atoms with E-state index in [1.54, 1.807) is 7.11 Å². The molecule has 9 heteroatoms. The molecule has 1 N–H and O–H groups in total.